The Kier molecular flexibility index (Phi) is 6.82. The predicted molar refractivity (Wildman–Crippen MR) is 134 cm³/mol. The average Bonchev–Trinajstić information content (AvgIpc) is 2.82. The van der Waals surface area contributed by atoms with Crippen molar-refractivity contribution in [3.63, 3.8) is 0 Å². The van der Waals surface area contributed by atoms with Gasteiger partial charge in [-0.3, -0.25) is 19.3 Å². The van der Waals surface area contributed by atoms with E-state index in [1.807, 2.05) is 19.1 Å². The van der Waals surface area contributed by atoms with E-state index in [9.17, 15) is 14.3 Å². The fourth-order valence-corrected chi connectivity index (χ4v) is 4.23. The Morgan fingerprint density at radius 2 is 1.83 bits per heavy atom. The normalized spacial score (nSPS) is 11.5. The molecule has 4 aromatic rings. The zero-order valence-electron chi connectivity index (χ0n) is 19.7. The van der Waals surface area contributed by atoms with Crippen LogP contribution in [0, 0.1) is 19.7 Å². The van der Waals surface area contributed by atoms with E-state index in [1.165, 1.54) is 22.9 Å². The molecule has 1 N–H and O–H groups in total. The van der Waals surface area contributed by atoms with Crippen LogP contribution >= 0.6 is 15.9 Å². The average molecular weight is 539 g/mol. The first-order chi connectivity index (χ1) is 16.6. The molecular weight excluding hydrogens is 515 g/mol. The molecule has 0 unspecified atom stereocenters. The van der Waals surface area contributed by atoms with E-state index in [0.717, 1.165) is 0 Å². The van der Waals surface area contributed by atoms with Crippen LogP contribution in [0.5, 0.6) is 5.75 Å². The number of rotatable bonds is 6. The summed E-state index contributed by atoms with van der Waals surface area (Å²) < 4.78 is 21.4. The molecular formula is C26H24BrFN4O3. The largest absolute Gasteiger partial charge is 0.486 e. The van der Waals surface area contributed by atoms with Gasteiger partial charge in [-0.05, 0) is 79.5 Å². The number of hydrogen-bond acceptors (Lipinski definition) is 6. The third kappa shape index (κ3) is 5.01. The molecule has 4 rings (SSSR count). The Morgan fingerprint density at radius 3 is 2.49 bits per heavy atom. The maximum absolute atomic E-state index is 13.9. The van der Waals surface area contributed by atoms with Gasteiger partial charge in [0.05, 0.1) is 22.8 Å². The van der Waals surface area contributed by atoms with Crippen molar-refractivity contribution in [1.29, 1.82) is 0 Å². The molecule has 4 heterocycles. The second-order valence-corrected chi connectivity index (χ2v) is 9.39. The molecule has 0 aliphatic heterocycles. The number of aliphatic hydroxyl groups is 1. The van der Waals surface area contributed by atoms with Crippen molar-refractivity contribution in [3.05, 3.63) is 98.1 Å². The molecule has 4 aromatic heterocycles. The first kappa shape index (κ1) is 24.7. The Labute approximate surface area is 210 Å². The van der Waals surface area contributed by atoms with Gasteiger partial charge in [-0.1, -0.05) is 6.07 Å². The Balaban J connectivity index is 1.84. The lowest BCUT2D eigenvalue weighted by molar-refractivity contribution is 0.0732. The van der Waals surface area contributed by atoms with E-state index >= 15 is 0 Å². The molecule has 7 nitrogen and oxygen atoms in total. The van der Waals surface area contributed by atoms with Crippen molar-refractivity contribution in [2.75, 3.05) is 0 Å². The maximum Gasteiger partial charge on any atom is 0.273 e. The number of halogens is 2. The first-order valence-electron chi connectivity index (χ1n) is 10.9. The monoisotopic (exact) mass is 538 g/mol. The van der Waals surface area contributed by atoms with Crippen LogP contribution in [0.4, 0.5) is 4.39 Å². The smallest absolute Gasteiger partial charge is 0.273 e. The van der Waals surface area contributed by atoms with Crippen LogP contribution in [0.25, 0.3) is 17.1 Å². The highest BCUT2D eigenvalue weighted by Crippen LogP contribution is 2.32. The maximum atomic E-state index is 13.9. The van der Waals surface area contributed by atoms with Crippen molar-refractivity contribution in [1.82, 2.24) is 19.5 Å². The molecule has 35 heavy (non-hydrogen) atoms. The molecule has 0 atom stereocenters. The van der Waals surface area contributed by atoms with E-state index in [0.29, 0.717) is 34.0 Å². The van der Waals surface area contributed by atoms with Crippen LogP contribution in [-0.2, 0) is 12.2 Å². The van der Waals surface area contributed by atoms with Gasteiger partial charge in [0, 0.05) is 24.2 Å². The summed E-state index contributed by atoms with van der Waals surface area (Å²) in [4.78, 5) is 26.5. The highest BCUT2D eigenvalue weighted by molar-refractivity contribution is 9.10. The zero-order chi connectivity index (χ0) is 25.3. The number of ether oxygens (including phenoxy) is 1. The first-order valence-corrected chi connectivity index (χ1v) is 11.7. The van der Waals surface area contributed by atoms with Crippen molar-refractivity contribution in [3.8, 4) is 22.8 Å². The van der Waals surface area contributed by atoms with E-state index in [2.05, 4.69) is 30.9 Å². The Bertz CT molecular complexity index is 1450. The molecule has 0 aliphatic carbocycles. The Hall–Kier alpha value is -3.43. The van der Waals surface area contributed by atoms with Crippen LogP contribution in [0.3, 0.4) is 0 Å². The summed E-state index contributed by atoms with van der Waals surface area (Å²) in [7, 11) is 0. The molecule has 0 amide bonds. The molecule has 0 aliphatic rings. The van der Waals surface area contributed by atoms with Gasteiger partial charge in [0.2, 0.25) is 0 Å². The molecule has 9 heteroatoms. The highest BCUT2D eigenvalue weighted by Gasteiger charge is 2.26. The lowest BCUT2D eigenvalue weighted by Crippen LogP contribution is -2.26. The molecule has 0 fully saturated rings. The zero-order valence-corrected chi connectivity index (χ0v) is 21.3. The van der Waals surface area contributed by atoms with Crippen LogP contribution in [0.2, 0.25) is 0 Å². The van der Waals surface area contributed by atoms with Gasteiger partial charge < -0.3 is 9.84 Å². The summed E-state index contributed by atoms with van der Waals surface area (Å²) in [5.41, 5.74) is 1.88. The molecule has 0 aromatic carbocycles. The Morgan fingerprint density at radius 1 is 1.09 bits per heavy atom. The standard InChI is InChI=1S/C26H24BrFN4O3/c1-15-12-22(35-14-20-17(28)8-7-11-30-20)23(27)25(33)32(15)21-13-19(18-9-5-6-10-29-18)31-24(16(21)2)26(3,4)34/h5-13,34H,14H2,1-4H3. The van der Waals surface area contributed by atoms with E-state index in [1.54, 1.807) is 45.2 Å². The van der Waals surface area contributed by atoms with Crippen LogP contribution in [-0.4, -0.2) is 24.6 Å². The van der Waals surface area contributed by atoms with Crippen molar-refractivity contribution in [2.45, 2.75) is 39.9 Å². The van der Waals surface area contributed by atoms with Gasteiger partial charge in [-0.25, -0.2) is 9.37 Å². The fraction of sp³-hybridized carbons (Fsp3) is 0.231. The number of nitrogens with zero attached hydrogens (tertiary/aromatic N) is 4. The van der Waals surface area contributed by atoms with Gasteiger partial charge in [-0.2, -0.15) is 0 Å². The van der Waals surface area contributed by atoms with Crippen molar-refractivity contribution >= 4 is 15.9 Å². The minimum Gasteiger partial charge on any atom is -0.486 e. The lowest BCUT2D eigenvalue weighted by Gasteiger charge is -2.24. The second-order valence-electron chi connectivity index (χ2n) is 8.60. The molecule has 180 valence electrons. The quantitative estimate of drug-likeness (QED) is 0.371. The number of hydrogen-bond donors (Lipinski definition) is 1. The van der Waals surface area contributed by atoms with E-state index in [-0.39, 0.29) is 28.1 Å². The summed E-state index contributed by atoms with van der Waals surface area (Å²) in [6, 6.07) is 11.7. The molecule has 0 radical (unpaired) electrons. The van der Waals surface area contributed by atoms with E-state index < -0.39 is 11.4 Å². The summed E-state index contributed by atoms with van der Waals surface area (Å²) >= 11 is 3.35. The van der Waals surface area contributed by atoms with Gasteiger partial charge in [0.1, 0.15) is 33.9 Å². The summed E-state index contributed by atoms with van der Waals surface area (Å²) in [6.45, 7) is 6.74. The third-order valence-corrected chi connectivity index (χ3v) is 6.22. The highest BCUT2D eigenvalue weighted by atomic mass is 79.9. The van der Waals surface area contributed by atoms with Gasteiger partial charge in [-0.15, -0.1) is 0 Å². The molecule has 0 saturated heterocycles. The lowest BCUT2D eigenvalue weighted by atomic mass is 9.97. The van der Waals surface area contributed by atoms with Gasteiger partial charge in [0.25, 0.3) is 5.56 Å². The van der Waals surface area contributed by atoms with Gasteiger partial charge >= 0.3 is 0 Å². The van der Waals surface area contributed by atoms with Gasteiger partial charge in [0.15, 0.2) is 0 Å². The predicted octanol–water partition coefficient (Wildman–Crippen LogP) is 5.01. The van der Waals surface area contributed by atoms with Crippen molar-refractivity contribution < 1.29 is 14.2 Å². The summed E-state index contributed by atoms with van der Waals surface area (Å²) in [6.07, 6.45) is 3.14. The number of aromatic nitrogens is 4. The van der Waals surface area contributed by atoms with E-state index in [4.69, 9.17) is 4.74 Å². The SMILES string of the molecule is Cc1c(-n2c(C)cc(OCc3ncccc3F)c(Br)c2=O)cc(-c2ccccn2)nc1C(C)(C)O. The molecule has 0 saturated carbocycles. The van der Waals surface area contributed by atoms with Crippen LogP contribution < -0.4 is 10.3 Å². The van der Waals surface area contributed by atoms with Crippen LogP contribution in [0.15, 0.2) is 64.1 Å². The van der Waals surface area contributed by atoms with Crippen molar-refractivity contribution in [2.24, 2.45) is 0 Å². The third-order valence-electron chi connectivity index (χ3n) is 5.49. The minimum absolute atomic E-state index is 0.130. The fourth-order valence-electron chi connectivity index (χ4n) is 3.83. The molecule has 0 spiro atoms. The summed E-state index contributed by atoms with van der Waals surface area (Å²) in [5.74, 6) is -0.213. The molecule has 0 bridgehead atoms. The number of pyridine rings is 4. The van der Waals surface area contributed by atoms with Crippen LogP contribution in [0.1, 0.15) is 36.5 Å². The number of aryl methyl sites for hydroxylation is 1. The minimum atomic E-state index is -1.26. The second kappa shape index (κ2) is 9.67. The topological polar surface area (TPSA) is 90.1 Å². The summed E-state index contributed by atoms with van der Waals surface area (Å²) in [5, 5.41) is 10.8.